The lowest BCUT2D eigenvalue weighted by Gasteiger charge is -2.50. The SMILES string of the molecule is C[C@]12CCC3c4cc(OCC(F)(F)F)c(O)cc4CCC3C1CCC2O. The van der Waals surface area contributed by atoms with Crippen molar-refractivity contribution in [1.82, 2.24) is 0 Å². The average Bonchev–Trinajstić information content (AvgIpc) is 2.87. The molecule has 144 valence electrons. The van der Waals surface area contributed by atoms with Crippen molar-refractivity contribution >= 4 is 0 Å². The van der Waals surface area contributed by atoms with Gasteiger partial charge in [0.1, 0.15) is 0 Å². The molecule has 3 nitrogen and oxygen atoms in total. The highest BCUT2D eigenvalue weighted by Gasteiger charge is 2.54. The van der Waals surface area contributed by atoms with Crippen LogP contribution in [0.1, 0.15) is 56.1 Å². The van der Waals surface area contributed by atoms with Gasteiger partial charge in [0.25, 0.3) is 0 Å². The van der Waals surface area contributed by atoms with Crippen LogP contribution in [0.25, 0.3) is 0 Å². The van der Waals surface area contributed by atoms with Crippen molar-refractivity contribution in [2.24, 2.45) is 17.3 Å². The number of aliphatic hydroxyl groups excluding tert-OH is 1. The summed E-state index contributed by atoms with van der Waals surface area (Å²) < 4.78 is 42.3. The van der Waals surface area contributed by atoms with E-state index in [1.165, 1.54) is 0 Å². The van der Waals surface area contributed by atoms with Crippen LogP contribution in [-0.2, 0) is 6.42 Å². The summed E-state index contributed by atoms with van der Waals surface area (Å²) in [6.07, 6.45) is 0.845. The van der Waals surface area contributed by atoms with Gasteiger partial charge in [-0.1, -0.05) is 6.92 Å². The first-order valence-corrected chi connectivity index (χ1v) is 9.42. The van der Waals surface area contributed by atoms with Crippen molar-refractivity contribution in [1.29, 1.82) is 0 Å². The van der Waals surface area contributed by atoms with Gasteiger partial charge in [-0.3, -0.25) is 0 Å². The third-order valence-corrected chi connectivity index (χ3v) is 7.15. The van der Waals surface area contributed by atoms with Gasteiger partial charge in [0, 0.05) is 0 Å². The summed E-state index contributed by atoms with van der Waals surface area (Å²) >= 11 is 0. The molecule has 0 spiro atoms. The molecule has 6 heteroatoms. The van der Waals surface area contributed by atoms with E-state index in [1.54, 1.807) is 12.1 Å². The first-order chi connectivity index (χ1) is 12.2. The van der Waals surface area contributed by atoms with Crippen molar-refractivity contribution < 1.29 is 28.1 Å². The summed E-state index contributed by atoms with van der Waals surface area (Å²) in [5.41, 5.74) is 2.01. The lowest BCUT2D eigenvalue weighted by Crippen LogP contribution is -2.43. The molecule has 0 amide bonds. The van der Waals surface area contributed by atoms with Gasteiger partial charge in [0.05, 0.1) is 6.10 Å². The Hall–Kier alpha value is -1.43. The van der Waals surface area contributed by atoms with E-state index < -0.39 is 12.8 Å². The highest BCUT2D eigenvalue weighted by atomic mass is 19.4. The summed E-state index contributed by atoms with van der Waals surface area (Å²) in [6, 6.07) is 3.20. The van der Waals surface area contributed by atoms with Crippen molar-refractivity contribution in [3.05, 3.63) is 23.3 Å². The van der Waals surface area contributed by atoms with Crippen LogP contribution in [0, 0.1) is 17.3 Å². The number of rotatable bonds is 2. The second kappa shape index (κ2) is 6.04. The summed E-state index contributed by atoms with van der Waals surface area (Å²) in [6.45, 7) is 0.788. The third kappa shape index (κ3) is 2.86. The zero-order valence-electron chi connectivity index (χ0n) is 14.9. The summed E-state index contributed by atoms with van der Waals surface area (Å²) in [5, 5.41) is 20.5. The van der Waals surface area contributed by atoms with E-state index >= 15 is 0 Å². The van der Waals surface area contributed by atoms with Crippen molar-refractivity contribution in [3.8, 4) is 11.5 Å². The number of benzene rings is 1. The monoisotopic (exact) mass is 370 g/mol. The third-order valence-electron chi connectivity index (χ3n) is 7.15. The maximum absolute atomic E-state index is 12.5. The Bertz CT molecular complexity index is 702. The number of ether oxygens (including phenoxy) is 1. The number of fused-ring (bicyclic) bond motifs is 5. The Balaban J connectivity index is 1.63. The molecular weight excluding hydrogens is 345 g/mol. The van der Waals surface area contributed by atoms with E-state index in [0.717, 1.165) is 49.7 Å². The molecule has 4 rings (SSSR count). The molecule has 0 aliphatic heterocycles. The van der Waals surface area contributed by atoms with Gasteiger partial charge in [0.15, 0.2) is 18.1 Å². The molecule has 0 radical (unpaired) electrons. The van der Waals surface area contributed by atoms with Crippen molar-refractivity contribution in [2.45, 2.75) is 63.6 Å². The Labute approximate surface area is 151 Å². The highest BCUT2D eigenvalue weighted by molar-refractivity contribution is 5.49. The number of hydrogen-bond acceptors (Lipinski definition) is 3. The molecule has 2 N–H and O–H groups in total. The molecule has 3 aliphatic carbocycles. The predicted octanol–water partition coefficient (Wildman–Crippen LogP) is 4.55. The minimum absolute atomic E-state index is 0.0365. The van der Waals surface area contributed by atoms with Crippen LogP contribution in [0.4, 0.5) is 13.2 Å². The van der Waals surface area contributed by atoms with Crippen LogP contribution in [0.3, 0.4) is 0 Å². The Kier molecular flexibility index (Phi) is 4.17. The smallest absolute Gasteiger partial charge is 0.422 e. The molecule has 2 fully saturated rings. The number of phenolic OH excluding ortho intramolecular Hbond substituents is 1. The number of alkyl halides is 3. The molecule has 0 heterocycles. The molecule has 1 aromatic carbocycles. The van der Waals surface area contributed by atoms with Gasteiger partial charge in [-0.25, -0.2) is 0 Å². The van der Waals surface area contributed by atoms with Gasteiger partial charge >= 0.3 is 6.18 Å². The molecule has 0 aromatic heterocycles. The lowest BCUT2D eigenvalue weighted by molar-refractivity contribution is -0.153. The fraction of sp³-hybridized carbons (Fsp3) is 0.700. The topological polar surface area (TPSA) is 49.7 Å². The molecule has 26 heavy (non-hydrogen) atoms. The van der Waals surface area contributed by atoms with Gasteiger partial charge in [0.2, 0.25) is 0 Å². The van der Waals surface area contributed by atoms with E-state index in [0.29, 0.717) is 11.8 Å². The van der Waals surface area contributed by atoms with Gasteiger partial charge < -0.3 is 14.9 Å². The van der Waals surface area contributed by atoms with Crippen LogP contribution >= 0.6 is 0 Å². The van der Waals surface area contributed by atoms with Gasteiger partial charge in [-0.2, -0.15) is 13.2 Å². The van der Waals surface area contributed by atoms with Gasteiger partial charge in [-0.15, -0.1) is 0 Å². The summed E-state index contributed by atoms with van der Waals surface area (Å²) in [5.74, 6) is 0.872. The minimum Gasteiger partial charge on any atom is -0.504 e. The van der Waals surface area contributed by atoms with Gasteiger partial charge in [-0.05, 0) is 85.0 Å². The zero-order chi connectivity index (χ0) is 18.7. The van der Waals surface area contributed by atoms with E-state index in [4.69, 9.17) is 4.74 Å². The van der Waals surface area contributed by atoms with E-state index in [2.05, 4.69) is 6.92 Å². The molecule has 5 atom stereocenters. The second-order valence-corrected chi connectivity index (χ2v) is 8.48. The number of aliphatic hydroxyl groups is 1. The number of halogens is 3. The number of hydrogen-bond donors (Lipinski definition) is 2. The highest BCUT2D eigenvalue weighted by Crippen LogP contribution is 2.61. The maximum atomic E-state index is 12.5. The largest absolute Gasteiger partial charge is 0.504 e. The van der Waals surface area contributed by atoms with Crippen molar-refractivity contribution in [3.63, 3.8) is 0 Å². The quantitative estimate of drug-likeness (QED) is 0.803. The molecular formula is C20H25F3O3. The second-order valence-electron chi connectivity index (χ2n) is 8.48. The fourth-order valence-electron chi connectivity index (χ4n) is 5.84. The molecule has 3 aliphatic rings. The Morgan fingerprint density at radius 2 is 1.96 bits per heavy atom. The van der Waals surface area contributed by atoms with E-state index in [1.807, 2.05) is 0 Å². The number of aryl methyl sites for hydroxylation is 1. The average molecular weight is 370 g/mol. The summed E-state index contributed by atoms with van der Waals surface area (Å²) in [7, 11) is 0. The Morgan fingerprint density at radius 3 is 2.69 bits per heavy atom. The fourth-order valence-corrected chi connectivity index (χ4v) is 5.84. The number of phenols is 1. The van der Waals surface area contributed by atoms with Crippen LogP contribution in [-0.4, -0.2) is 29.1 Å². The minimum atomic E-state index is -4.43. The number of aromatic hydroxyl groups is 1. The molecule has 2 saturated carbocycles. The standard InChI is InChI=1S/C20H25F3O3/c1-19-7-6-12-13(15(19)4-5-18(19)25)3-2-11-8-16(24)17(9-14(11)12)26-10-20(21,22)23/h8-9,12-13,15,18,24-25H,2-7,10H2,1H3/t12?,13?,15?,18?,19-/m0/s1. The molecule has 0 bridgehead atoms. The lowest BCUT2D eigenvalue weighted by atomic mass is 9.55. The normalized spacial score (nSPS) is 36.2. The molecule has 4 unspecified atom stereocenters. The van der Waals surface area contributed by atoms with Crippen LogP contribution in [0.2, 0.25) is 0 Å². The first kappa shape index (κ1) is 18.0. The van der Waals surface area contributed by atoms with Crippen LogP contribution in [0.15, 0.2) is 12.1 Å². The van der Waals surface area contributed by atoms with E-state index in [9.17, 15) is 23.4 Å². The molecule has 1 aromatic rings. The maximum Gasteiger partial charge on any atom is 0.422 e. The van der Waals surface area contributed by atoms with Crippen LogP contribution in [0.5, 0.6) is 11.5 Å². The predicted molar refractivity (Wildman–Crippen MR) is 90.3 cm³/mol. The van der Waals surface area contributed by atoms with Crippen LogP contribution < -0.4 is 4.74 Å². The first-order valence-electron chi connectivity index (χ1n) is 9.42. The van der Waals surface area contributed by atoms with Crippen molar-refractivity contribution in [2.75, 3.05) is 6.61 Å². The summed E-state index contributed by atoms with van der Waals surface area (Å²) in [4.78, 5) is 0. The molecule has 0 saturated heterocycles. The zero-order valence-corrected chi connectivity index (χ0v) is 14.9. The van der Waals surface area contributed by atoms with E-state index in [-0.39, 0.29) is 28.9 Å². The Morgan fingerprint density at radius 1 is 1.19 bits per heavy atom.